The molecule has 4 nitrogen and oxygen atoms in total. The molecule has 0 aromatic carbocycles. The Bertz CT molecular complexity index is 357. The van der Waals surface area contributed by atoms with Gasteiger partial charge in [0.25, 0.3) is 0 Å². The first-order chi connectivity index (χ1) is 7.54. The van der Waals surface area contributed by atoms with Crippen LogP contribution in [0.5, 0.6) is 0 Å². The highest BCUT2D eigenvalue weighted by atomic mass is 16.1. The third kappa shape index (κ3) is 3.36. The lowest BCUT2D eigenvalue weighted by Crippen LogP contribution is -2.32. The van der Waals surface area contributed by atoms with Gasteiger partial charge in [0.05, 0.1) is 6.20 Å². The standard InChI is InChI=1S/C12H21N3O/c1-5-9(2)14-12(16)7-6-11-8-13-15(4)10(11)3/h8-9H,5-7H2,1-4H3,(H,14,16). The van der Waals surface area contributed by atoms with Crippen molar-refractivity contribution < 1.29 is 4.79 Å². The van der Waals surface area contributed by atoms with Crippen molar-refractivity contribution >= 4 is 5.91 Å². The Kier molecular flexibility index (Phi) is 4.52. The average molecular weight is 223 g/mol. The predicted octanol–water partition coefficient (Wildman–Crippen LogP) is 1.58. The molecule has 0 bridgehead atoms. The van der Waals surface area contributed by atoms with Gasteiger partial charge in [0.1, 0.15) is 0 Å². The number of amides is 1. The lowest BCUT2D eigenvalue weighted by Gasteiger charge is -2.10. The van der Waals surface area contributed by atoms with Gasteiger partial charge in [-0.1, -0.05) is 6.92 Å². The molecule has 0 aliphatic carbocycles. The molecule has 1 unspecified atom stereocenters. The van der Waals surface area contributed by atoms with E-state index in [0.29, 0.717) is 6.42 Å². The van der Waals surface area contributed by atoms with E-state index in [1.807, 2.05) is 31.8 Å². The molecule has 0 saturated heterocycles. The number of aryl methyl sites for hydroxylation is 2. The summed E-state index contributed by atoms with van der Waals surface area (Å²) in [5.41, 5.74) is 2.29. The molecule has 0 fully saturated rings. The zero-order valence-corrected chi connectivity index (χ0v) is 10.6. The molecule has 1 aromatic rings. The van der Waals surface area contributed by atoms with Gasteiger partial charge in [0, 0.05) is 25.2 Å². The van der Waals surface area contributed by atoms with E-state index in [2.05, 4.69) is 17.3 Å². The zero-order chi connectivity index (χ0) is 12.1. The van der Waals surface area contributed by atoms with Crippen LogP contribution in [-0.2, 0) is 18.3 Å². The Hall–Kier alpha value is -1.32. The molecule has 4 heteroatoms. The highest BCUT2D eigenvalue weighted by Crippen LogP contribution is 2.08. The molecule has 0 aliphatic rings. The molecule has 0 spiro atoms. The van der Waals surface area contributed by atoms with Crippen molar-refractivity contribution in [1.82, 2.24) is 15.1 Å². The summed E-state index contributed by atoms with van der Waals surface area (Å²) < 4.78 is 1.84. The van der Waals surface area contributed by atoms with Gasteiger partial charge in [-0.2, -0.15) is 5.10 Å². The fraction of sp³-hybridized carbons (Fsp3) is 0.667. The summed E-state index contributed by atoms with van der Waals surface area (Å²) in [6.07, 6.45) is 4.11. The van der Waals surface area contributed by atoms with E-state index in [0.717, 1.165) is 24.1 Å². The minimum Gasteiger partial charge on any atom is -0.354 e. The van der Waals surface area contributed by atoms with Crippen LogP contribution in [0.2, 0.25) is 0 Å². The number of carbonyl (C=O) groups is 1. The van der Waals surface area contributed by atoms with Crippen molar-refractivity contribution in [2.45, 2.75) is 46.1 Å². The SMILES string of the molecule is CCC(C)NC(=O)CCc1cnn(C)c1C. The largest absolute Gasteiger partial charge is 0.354 e. The summed E-state index contributed by atoms with van der Waals surface area (Å²) in [6, 6.07) is 0.266. The highest BCUT2D eigenvalue weighted by Gasteiger charge is 2.08. The number of hydrogen-bond acceptors (Lipinski definition) is 2. The molecule has 16 heavy (non-hydrogen) atoms. The first-order valence-electron chi connectivity index (χ1n) is 5.81. The number of rotatable bonds is 5. The van der Waals surface area contributed by atoms with Crippen LogP contribution in [0, 0.1) is 6.92 Å². The van der Waals surface area contributed by atoms with Gasteiger partial charge in [-0.3, -0.25) is 9.48 Å². The second-order valence-corrected chi connectivity index (χ2v) is 4.26. The summed E-state index contributed by atoms with van der Waals surface area (Å²) in [6.45, 7) is 6.11. The van der Waals surface area contributed by atoms with Gasteiger partial charge in [0.2, 0.25) is 5.91 Å². The molecule has 1 aromatic heterocycles. The first kappa shape index (κ1) is 12.7. The van der Waals surface area contributed by atoms with Crippen molar-refractivity contribution in [3.8, 4) is 0 Å². The van der Waals surface area contributed by atoms with E-state index >= 15 is 0 Å². The summed E-state index contributed by atoms with van der Waals surface area (Å²) in [5.74, 6) is 0.123. The minimum absolute atomic E-state index is 0.123. The Morgan fingerprint density at radius 2 is 2.31 bits per heavy atom. The summed E-state index contributed by atoms with van der Waals surface area (Å²) in [7, 11) is 1.91. The van der Waals surface area contributed by atoms with Crippen LogP contribution in [0.15, 0.2) is 6.20 Å². The van der Waals surface area contributed by atoms with Crippen LogP contribution in [-0.4, -0.2) is 21.7 Å². The van der Waals surface area contributed by atoms with Crippen molar-refractivity contribution in [3.05, 3.63) is 17.5 Å². The molecular weight excluding hydrogens is 202 g/mol. The van der Waals surface area contributed by atoms with Crippen LogP contribution in [0.4, 0.5) is 0 Å². The molecule has 1 rings (SSSR count). The Balaban J connectivity index is 2.40. The molecular formula is C12H21N3O. The maximum absolute atomic E-state index is 11.6. The van der Waals surface area contributed by atoms with E-state index in [-0.39, 0.29) is 11.9 Å². The van der Waals surface area contributed by atoms with E-state index in [1.165, 1.54) is 0 Å². The number of aromatic nitrogens is 2. The molecule has 0 saturated carbocycles. The second kappa shape index (κ2) is 5.68. The van der Waals surface area contributed by atoms with E-state index in [4.69, 9.17) is 0 Å². The number of carbonyl (C=O) groups excluding carboxylic acids is 1. The predicted molar refractivity (Wildman–Crippen MR) is 64.2 cm³/mol. The van der Waals surface area contributed by atoms with Crippen LogP contribution < -0.4 is 5.32 Å². The molecule has 0 aliphatic heterocycles. The smallest absolute Gasteiger partial charge is 0.220 e. The fourth-order valence-electron chi connectivity index (χ4n) is 1.49. The molecule has 90 valence electrons. The van der Waals surface area contributed by atoms with Crippen LogP contribution >= 0.6 is 0 Å². The van der Waals surface area contributed by atoms with Gasteiger partial charge in [0.15, 0.2) is 0 Å². The number of nitrogens with zero attached hydrogens (tertiary/aromatic N) is 2. The Labute approximate surface area is 97.0 Å². The normalized spacial score (nSPS) is 12.5. The van der Waals surface area contributed by atoms with Gasteiger partial charge >= 0.3 is 0 Å². The van der Waals surface area contributed by atoms with Crippen molar-refractivity contribution in [2.24, 2.45) is 7.05 Å². The maximum Gasteiger partial charge on any atom is 0.220 e. The summed E-state index contributed by atoms with van der Waals surface area (Å²) in [5, 5.41) is 7.12. The van der Waals surface area contributed by atoms with Gasteiger partial charge in [-0.05, 0) is 32.3 Å². The molecule has 1 heterocycles. The molecule has 1 atom stereocenters. The first-order valence-corrected chi connectivity index (χ1v) is 5.81. The fourth-order valence-corrected chi connectivity index (χ4v) is 1.49. The molecule has 1 N–H and O–H groups in total. The number of nitrogens with one attached hydrogen (secondary N) is 1. The van der Waals surface area contributed by atoms with Gasteiger partial charge < -0.3 is 5.32 Å². The lowest BCUT2D eigenvalue weighted by molar-refractivity contribution is -0.121. The van der Waals surface area contributed by atoms with E-state index in [1.54, 1.807) is 0 Å². The van der Waals surface area contributed by atoms with Crippen molar-refractivity contribution in [1.29, 1.82) is 0 Å². The topological polar surface area (TPSA) is 46.9 Å². The minimum atomic E-state index is 0.123. The summed E-state index contributed by atoms with van der Waals surface area (Å²) >= 11 is 0. The number of hydrogen-bond donors (Lipinski definition) is 1. The van der Waals surface area contributed by atoms with Crippen molar-refractivity contribution in [3.63, 3.8) is 0 Å². The Morgan fingerprint density at radius 3 is 2.81 bits per heavy atom. The maximum atomic E-state index is 11.6. The molecule has 1 amide bonds. The second-order valence-electron chi connectivity index (χ2n) is 4.26. The highest BCUT2D eigenvalue weighted by molar-refractivity contribution is 5.76. The van der Waals surface area contributed by atoms with Crippen molar-refractivity contribution in [2.75, 3.05) is 0 Å². The van der Waals surface area contributed by atoms with Gasteiger partial charge in [-0.25, -0.2) is 0 Å². The monoisotopic (exact) mass is 223 g/mol. The van der Waals surface area contributed by atoms with E-state index < -0.39 is 0 Å². The van der Waals surface area contributed by atoms with Gasteiger partial charge in [-0.15, -0.1) is 0 Å². The quantitative estimate of drug-likeness (QED) is 0.823. The third-order valence-electron chi connectivity index (χ3n) is 2.98. The van der Waals surface area contributed by atoms with Crippen LogP contribution in [0.1, 0.15) is 37.9 Å². The molecule has 0 radical (unpaired) electrons. The summed E-state index contributed by atoms with van der Waals surface area (Å²) in [4.78, 5) is 11.6. The Morgan fingerprint density at radius 1 is 1.62 bits per heavy atom. The van der Waals surface area contributed by atoms with Crippen LogP contribution in [0.25, 0.3) is 0 Å². The third-order valence-corrected chi connectivity index (χ3v) is 2.98. The lowest BCUT2D eigenvalue weighted by atomic mass is 10.1. The van der Waals surface area contributed by atoms with E-state index in [9.17, 15) is 4.79 Å². The van der Waals surface area contributed by atoms with Crippen LogP contribution in [0.3, 0.4) is 0 Å². The average Bonchev–Trinajstić information content (AvgIpc) is 2.57. The zero-order valence-electron chi connectivity index (χ0n) is 10.6.